The monoisotopic (exact) mass is 424 g/mol. The summed E-state index contributed by atoms with van der Waals surface area (Å²) in [5.41, 5.74) is 3.37. The molecule has 3 aromatic rings. The first-order valence-electron chi connectivity index (χ1n) is 9.27. The number of para-hydroxylation sites is 2. The van der Waals surface area contributed by atoms with E-state index in [1.165, 1.54) is 0 Å². The molecule has 0 spiro atoms. The highest BCUT2D eigenvalue weighted by atomic mass is 35.5. The quantitative estimate of drug-likeness (QED) is 0.543. The molecule has 0 amide bonds. The van der Waals surface area contributed by atoms with Crippen LogP contribution < -0.4 is 32.1 Å². The number of rotatable bonds is 6. The van der Waals surface area contributed by atoms with Crippen molar-refractivity contribution in [1.29, 1.82) is 0 Å². The van der Waals surface area contributed by atoms with E-state index < -0.39 is 0 Å². The van der Waals surface area contributed by atoms with Crippen LogP contribution in [0.15, 0.2) is 59.4 Å². The van der Waals surface area contributed by atoms with E-state index in [4.69, 9.17) is 9.47 Å². The Morgan fingerprint density at radius 3 is 1.87 bits per heavy atom. The van der Waals surface area contributed by atoms with Crippen LogP contribution in [0.25, 0.3) is 24.3 Å². The Bertz CT molecular complexity index is 1050. The van der Waals surface area contributed by atoms with Crippen molar-refractivity contribution in [2.45, 2.75) is 0 Å². The summed E-state index contributed by atoms with van der Waals surface area (Å²) in [6.45, 7) is 0. The fourth-order valence-electron chi connectivity index (χ4n) is 3.07. The number of aromatic nitrogens is 2. The van der Waals surface area contributed by atoms with Gasteiger partial charge in [-0.1, -0.05) is 36.4 Å². The van der Waals surface area contributed by atoms with Gasteiger partial charge < -0.3 is 21.9 Å². The van der Waals surface area contributed by atoms with E-state index in [0.29, 0.717) is 0 Å². The van der Waals surface area contributed by atoms with Gasteiger partial charge in [0.25, 0.3) is 0 Å². The number of nitrogens with zero attached hydrogens (tertiary/aromatic N) is 2. The van der Waals surface area contributed by atoms with Gasteiger partial charge in [0.15, 0.2) is 0 Å². The maximum atomic E-state index is 12.7. The van der Waals surface area contributed by atoms with Crippen LogP contribution in [-0.4, -0.2) is 18.8 Å². The summed E-state index contributed by atoms with van der Waals surface area (Å²) >= 11 is 0. The van der Waals surface area contributed by atoms with Crippen LogP contribution in [-0.2, 0) is 14.1 Å². The maximum Gasteiger partial charge on any atom is 0.498 e. The molecule has 0 atom stereocenters. The van der Waals surface area contributed by atoms with Crippen molar-refractivity contribution in [1.82, 2.24) is 4.57 Å². The highest BCUT2D eigenvalue weighted by molar-refractivity contribution is 5.74. The summed E-state index contributed by atoms with van der Waals surface area (Å²) in [5.74, 6) is 1.57. The molecule has 5 nitrogen and oxygen atoms in total. The van der Waals surface area contributed by atoms with Crippen molar-refractivity contribution in [3.05, 3.63) is 87.6 Å². The lowest BCUT2D eigenvalue weighted by atomic mass is 10.1. The molecule has 0 saturated carbocycles. The average Bonchev–Trinajstić information content (AvgIpc) is 2.76. The van der Waals surface area contributed by atoms with Gasteiger partial charge in [0.1, 0.15) is 22.9 Å². The molecule has 6 heteroatoms. The van der Waals surface area contributed by atoms with Crippen LogP contribution in [0.2, 0.25) is 0 Å². The zero-order valence-corrected chi connectivity index (χ0v) is 18.3. The van der Waals surface area contributed by atoms with E-state index >= 15 is 0 Å². The number of halogens is 1. The minimum absolute atomic E-state index is 0. The summed E-state index contributed by atoms with van der Waals surface area (Å²) < 4.78 is 14.0. The van der Waals surface area contributed by atoms with Crippen LogP contribution in [0, 0.1) is 0 Å². The smallest absolute Gasteiger partial charge is 0.498 e. The lowest BCUT2D eigenvalue weighted by molar-refractivity contribution is -0.692. The van der Waals surface area contributed by atoms with Crippen molar-refractivity contribution in [2.75, 3.05) is 14.2 Å². The third kappa shape index (κ3) is 4.99. The Kier molecular flexibility index (Phi) is 8.01. The predicted octanol–water partition coefficient (Wildman–Crippen LogP) is 0.572. The van der Waals surface area contributed by atoms with Gasteiger partial charge in [-0.2, -0.15) is 13.9 Å². The molecule has 0 radical (unpaired) electrons. The molecule has 1 aromatic heterocycles. The van der Waals surface area contributed by atoms with Gasteiger partial charge in [-0.3, -0.25) is 0 Å². The second-order valence-corrected chi connectivity index (χ2v) is 6.55. The van der Waals surface area contributed by atoms with Crippen molar-refractivity contribution in [2.24, 2.45) is 14.1 Å². The second-order valence-electron chi connectivity index (χ2n) is 6.55. The summed E-state index contributed by atoms with van der Waals surface area (Å²) in [6, 6.07) is 17.5. The zero-order valence-electron chi connectivity index (χ0n) is 17.5. The van der Waals surface area contributed by atoms with Gasteiger partial charge in [0.2, 0.25) is 0 Å². The van der Waals surface area contributed by atoms with Gasteiger partial charge in [0.05, 0.1) is 28.3 Å². The van der Waals surface area contributed by atoms with Crippen molar-refractivity contribution in [3.8, 4) is 11.5 Å². The van der Waals surface area contributed by atoms with Gasteiger partial charge in [-0.05, 0) is 36.4 Å². The van der Waals surface area contributed by atoms with Crippen LogP contribution in [0.1, 0.15) is 22.5 Å². The molecule has 2 aromatic carbocycles. The first-order chi connectivity index (χ1) is 14.0. The molecule has 0 fully saturated rings. The summed E-state index contributed by atoms with van der Waals surface area (Å²) in [7, 11) is 6.81. The molecule has 0 aliphatic heterocycles. The first kappa shape index (κ1) is 23.0. The number of benzene rings is 2. The van der Waals surface area contributed by atoms with Gasteiger partial charge in [-0.25, -0.2) is 0 Å². The molecule has 0 N–H and O–H groups in total. The highest BCUT2D eigenvalue weighted by Gasteiger charge is 2.13. The molecule has 3 rings (SSSR count). The molecular formula is C24H25ClN2O3. The van der Waals surface area contributed by atoms with Crippen molar-refractivity contribution >= 4 is 24.3 Å². The molecule has 0 aliphatic rings. The second kappa shape index (κ2) is 10.5. The molecule has 30 heavy (non-hydrogen) atoms. The zero-order chi connectivity index (χ0) is 20.8. The Morgan fingerprint density at radius 1 is 0.833 bits per heavy atom. The van der Waals surface area contributed by atoms with E-state index in [2.05, 4.69) is 0 Å². The first-order valence-corrected chi connectivity index (χ1v) is 9.27. The minimum Gasteiger partial charge on any atom is -1.00 e. The topological polar surface area (TPSA) is 44.3 Å². The molecule has 0 aliphatic carbocycles. The predicted molar refractivity (Wildman–Crippen MR) is 117 cm³/mol. The number of ether oxygens (including phenoxy) is 2. The van der Waals surface area contributed by atoms with Crippen LogP contribution >= 0.6 is 0 Å². The number of hydrogen-bond acceptors (Lipinski definition) is 3. The van der Waals surface area contributed by atoms with Gasteiger partial charge in [0, 0.05) is 17.2 Å². The van der Waals surface area contributed by atoms with Crippen LogP contribution in [0.5, 0.6) is 11.5 Å². The molecule has 1 heterocycles. The standard InChI is InChI=1S/C24H25N2O3.ClH/c1-25-20(15-13-18-9-5-7-11-22(18)28-3)17-21(26(2)24(25)27)16-14-19-10-6-8-12-23(19)29-4;/h5-17H,1-4H3;1H/q+1;/p-1. The molecular weight excluding hydrogens is 400 g/mol. The Morgan fingerprint density at radius 2 is 1.33 bits per heavy atom. The lowest BCUT2D eigenvalue weighted by Gasteiger charge is -2.05. The average molecular weight is 425 g/mol. The van der Waals surface area contributed by atoms with E-state index in [-0.39, 0.29) is 18.1 Å². The Hall–Kier alpha value is -3.31. The van der Waals surface area contributed by atoms with Crippen molar-refractivity contribution < 1.29 is 26.4 Å². The molecule has 156 valence electrons. The molecule has 0 unspecified atom stereocenters. The number of methoxy groups -OCH3 is 2. The SMILES string of the molecule is COc1ccccc1C=Cc1cc(C=Cc2ccccc2OC)[n+](C)c(=O)n1C.[Cl-]. The fourth-order valence-corrected chi connectivity index (χ4v) is 3.07. The van der Waals surface area contributed by atoms with Gasteiger partial charge in [-0.15, -0.1) is 0 Å². The maximum absolute atomic E-state index is 12.7. The third-order valence-corrected chi connectivity index (χ3v) is 4.79. The van der Waals surface area contributed by atoms with Crippen molar-refractivity contribution in [3.63, 3.8) is 0 Å². The lowest BCUT2D eigenvalue weighted by Crippen LogP contribution is -3.00. The fraction of sp³-hybridized carbons (Fsp3) is 0.167. The number of hydrogen-bond donors (Lipinski definition) is 0. The summed E-state index contributed by atoms with van der Waals surface area (Å²) in [6.07, 6.45) is 7.72. The minimum atomic E-state index is -0.105. The van der Waals surface area contributed by atoms with E-state index in [0.717, 1.165) is 34.0 Å². The highest BCUT2D eigenvalue weighted by Crippen LogP contribution is 2.21. The molecule has 0 bridgehead atoms. The van der Waals surface area contributed by atoms with Crippen LogP contribution in [0.4, 0.5) is 0 Å². The Balaban J connectivity index is 0.00000320. The van der Waals surface area contributed by atoms with E-state index in [1.807, 2.05) is 78.9 Å². The summed E-state index contributed by atoms with van der Waals surface area (Å²) in [5, 5.41) is 0. The largest absolute Gasteiger partial charge is 1.00 e. The molecule has 0 saturated heterocycles. The third-order valence-electron chi connectivity index (χ3n) is 4.79. The van der Waals surface area contributed by atoms with E-state index in [9.17, 15) is 4.79 Å². The summed E-state index contributed by atoms with van der Waals surface area (Å²) in [4.78, 5) is 12.7. The normalized spacial score (nSPS) is 10.9. The Labute approximate surface area is 182 Å². The van der Waals surface area contributed by atoms with Crippen LogP contribution in [0.3, 0.4) is 0 Å². The van der Waals surface area contributed by atoms with Gasteiger partial charge >= 0.3 is 5.69 Å². The van der Waals surface area contributed by atoms with E-state index in [1.54, 1.807) is 37.4 Å².